The normalized spacial score (nSPS) is 11.4. The lowest BCUT2D eigenvalue weighted by Gasteiger charge is -2.13. The van der Waals surface area contributed by atoms with Gasteiger partial charge < -0.3 is 14.8 Å². The molecule has 0 heterocycles. The molecule has 5 nitrogen and oxygen atoms in total. The van der Waals surface area contributed by atoms with Crippen LogP contribution in [-0.4, -0.2) is 19.1 Å². The summed E-state index contributed by atoms with van der Waals surface area (Å²) in [5.74, 6) is -0.00857. The predicted molar refractivity (Wildman–Crippen MR) is 115 cm³/mol. The molecule has 2 rings (SSSR count). The molecule has 0 aromatic heterocycles. The molecule has 2 aromatic rings. The van der Waals surface area contributed by atoms with Crippen molar-refractivity contribution in [2.24, 2.45) is 0 Å². The molecular weight excluding hydrogens is 477 g/mol. The van der Waals surface area contributed by atoms with E-state index < -0.39 is 17.6 Å². The van der Waals surface area contributed by atoms with E-state index in [2.05, 4.69) is 27.8 Å². The summed E-state index contributed by atoms with van der Waals surface area (Å²) in [6.07, 6.45) is -1.68. The Kier molecular flexibility index (Phi) is 8.28. The minimum atomic E-state index is -4.55. The fourth-order valence-electron chi connectivity index (χ4n) is 2.47. The molecule has 0 aliphatic carbocycles. The van der Waals surface area contributed by atoms with Crippen LogP contribution in [0, 0.1) is 11.3 Å². The SMILES string of the molecule is C=CCOc1cc(Br)c(/C=C(/C#N)C(=O)Nc2cccc(C(F)(F)F)c2)cc1OCC. The molecule has 0 unspecified atom stereocenters. The summed E-state index contributed by atoms with van der Waals surface area (Å²) < 4.78 is 50.2. The molecule has 0 fully saturated rings. The smallest absolute Gasteiger partial charge is 0.416 e. The summed E-state index contributed by atoms with van der Waals surface area (Å²) in [7, 11) is 0. The van der Waals surface area contributed by atoms with E-state index in [1.54, 1.807) is 31.2 Å². The van der Waals surface area contributed by atoms with Crippen molar-refractivity contribution in [1.82, 2.24) is 0 Å². The van der Waals surface area contributed by atoms with Gasteiger partial charge >= 0.3 is 6.18 Å². The molecule has 0 aliphatic heterocycles. The molecule has 0 saturated heterocycles. The number of nitrogens with one attached hydrogen (secondary N) is 1. The number of benzene rings is 2. The van der Waals surface area contributed by atoms with Crippen molar-refractivity contribution in [2.75, 3.05) is 18.5 Å². The average Bonchev–Trinajstić information content (AvgIpc) is 2.72. The van der Waals surface area contributed by atoms with Gasteiger partial charge in [0.05, 0.1) is 12.2 Å². The van der Waals surface area contributed by atoms with Crippen LogP contribution in [0.3, 0.4) is 0 Å². The quantitative estimate of drug-likeness (QED) is 0.278. The number of halogens is 4. The molecule has 0 aliphatic rings. The van der Waals surface area contributed by atoms with Crippen molar-refractivity contribution in [3.8, 4) is 17.6 Å². The minimum absolute atomic E-state index is 0.0804. The van der Waals surface area contributed by atoms with Gasteiger partial charge in [0.2, 0.25) is 0 Å². The van der Waals surface area contributed by atoms with Crippen molar-refractivity contribution in [1.29, 1.82) is 5.26 Å². The van der Waals surface area contributed by atoms with Gasteiger partial charge in [-0.2, -0.15) is 18.4 Å². The molecule has 9 heteroatoms. The Morgan fingerprint density at radius 2 is 1.97 bits per heavy atom. The molecule has 1 N–H and O–H groups in total. The number of anilines is 1. The standard InChI is InChI=1S/C22H18BrF3N2O3/c1-3-8-31-20-12-18(23)14(10-19(20)30-4-2)9-15(13-27)21(29)28-17-7-5-6-16(11-17)22(24,25)26/h3,5-7,9-12H,1,4,8H2,2H3,(H,28,29)/b15-9-. The zero-order chi connectivity index (χ0) is 23.0. The topological polar surface area (TPSA) is 71.3 Å². The molecule has 0 saturated carbocycles. The molecule has 162 valence electrons. The Labute approximate surface area is 185 Å². The van der Waals surface area contributed by atoms with Crippen LogP contribution in [0.2, 0.25) is 0 Å². The van der Waals surface area contributed by atoms with Crippen molar-refractivity contribution in [2.45, 2.75) is 13.1 Å². The van der Waals surface area contributed by atoms with Gasteiger partial charge in [-0.3, -0.25) is 4.79 Å². The van der Waals surface area contributed by atoms with Crippen LogP contribution in [0.25, 0.3) is 6.08 Å². The van der Waals surface area contributed by atoms with Crippen LogP contribution in [0.15, 0.2) is 59.1 Å². The van der Waals surface area contributed by atoms with E-state index in [4.69, 9.17) is 9.47 Å². The van der Waals surface area contributed by atoms with Crippen molar-refractivity contribution >= 4 is 33.6 Å². The van der Waals surface area contributed by atoms with E-state index in [1.807, 2.05) is 0 Å². The van der Waals surface area contributed by atoms with Crippen LogP contribution in [-0.2, 0) is 11.0 Å². The monoisotopic (exact) mass is 494 g/mol. The molecular formula is C22H18BrF3N2O3. The lowest BCUT2D eigenvalue weighted by atomic mass is 10.1. The summed E-state index contributed by atoms with van der Waals surface area (Å²) in [4.78, 5) is 12.5. The van der Waals surface area contributed by atoms with Gasteiger partial charge in [0.1, 0.15) is 18.2 Å². The number of rotatable bonds is 8. The third kappa shape index (κ3) is 6.62. The Bertz CT molecular complexity index is 1040. The second-order valence-corrected chi connectivity index (χ2v) is 6.91. The summed E-state index contributed by atoms with van der Waals surface area (Å²) in [5, 5.41) is 11.7. The maximum Gasteiger partial charge on any atom is 0.416 e. The number of amides is 1. The van der Waals surface area contributed by atoms with Crippen LogP contribution in [0.4, 0.5) is 18.9 Å². The Hall–Kier alpha value is -3.25. The van der Waals surface area contributed by atoms with Gasteiger partial charge in [0.25, 0.3) is 5.91 Å². The molecule has 0 spiro atoms. The highest BCUT2D eigenvalue weighted by Crippen LogP contribution is 2.35. The van der Waals surface area contributed by atoms with Gasteiger partial charge in [-0.1, -0.05) is 34.7 Å². The Morgan fingerprint density at radius 3 is 2.58 bits per heavy atom. The van der Waals surface area contributed by atoms with E-state index in [0.717, 1.165) is 12.1 Å². The van der Waals surface area contributed by atoms with E-state index in [1.165, 1.54) is 18.2 Å². The van der Waals surface area contributed by atoms with Crippen molar-refractivity contribution < 1.29 is 27.4 Å². The number of nitriles is 1. The highest BCUT2D eigenvalue weighted by atomic mass is 79.9. The summed E-state index contributed by atoms with van der Waals surface area (Å²) >= 11 is 3.36. The first kappa shape index (κ1) is 24.0. The maximum atomic E-state index is 12.9. The summed E-state index contributed by atoms with van der Waals surface area (Å²) in [5.41, 5.74) is -0.847. The third-order valence-corrected chi connectivity index (χ3v) is 4.52. The highest BCUT2D eigenvalue weighted by molar-refractivity contribution is 9.10. The number of hydrogen-bond acceptors (Lipinski definition) is 4. The first-order valence-corrected chi connectivity index (χ1v) is 9.79. The molecule has 31 heavy (non-hydrogen) atoms. The zero-order valence-electron chi connectivity index (χ0n) is 16.4. The predicted octanol–water partition coefficient (Wildman–Crippen LogP) is 5.98. The first-order valence-electron chi connectivity index (χ1n) is 9.00. The second kappa shape index (κ2) is 10.7. The van der Waals surface area contributed by atoms with Crippen molar-refractivity contribution in [3.05, 3.63) is 70.2 Å². The minimum Gasteiger partial charge on any atom is -0.490 e. The Morgan fingerprint density at radius 1 is 1.26 bits per heavy atom. The van der Waals surface area contributed by atoms with Crippen LogP contribution in [0.5, 0.6) is 11.5 Å². The number of alkyl halides is 3. The van der Waals surface area contributed by atoms with Crippen molar-refractivity contribution in [3.63, 3.8) is 0 Å². The third-order valence-electron chi connectivity index (χ3n) is 3.83. The van der Waals surface area contributed by atoms with E-state index in [9.17, 15) is 23.2 Å². The number of hydrogen-bond donors (Lipinski definition) is 1. The lowest BCUT2D eigenvalue weighted by molar-refractivity contribution is -0.137. The number of nitrogens with zero attached hydrogens (tertiary/aromatic N) is 1. The van der Waals surface area contributed by atoms with Crippen LogP contribution in [0.1, 0.15) is 18.1 Å². The van der Waals surface area contributed by atoms with Gasteiger partial charge in [-0.25, -0.2) is 0 Å². The van der Waals surface area contributed by atoms with Crippen LogP contribution >= 0.6 is 15.9 Å². The molecule has 1 amide bonds. The van der Waals surface area contributed by atoms with Gasteiger partial charge in [0.15, 0.2) is 11.5 Å². The fourth-order valence-corrected chi connectivity index (χ4v) is 2.90. The zero-order valence-corrected chi connectivity index (χ0v) is 18.0. The lowest BCUT2D eigenvalue weighted by Crippen LogP contribution is -2.14. The number of carbonyl (C=O) groups excluding carboxylic acids is 1. The summed E-state index contributed by atoms with van der Waals surface area (Å²) in [6, 6.07) is 9.12. The van der Waals surface area contributed by atoms with Gasteiger partial charge in [0, 0.05) is 10.2 Å². The van der Waals surface area contributed by atoms with Crippen LogP contribution < -0.4 is 14.8 Å². The maximum absolute atomic E-state index is 12.9. The largest absolute Gasteiger partial charge is 0.490 e. The Balaban J connectivity index is 2.34. The molecule has 0 radical (unpaired) electrons. The summed E-state index contributed by atoms with van der Waals surface area (Å²) in [6.45, 7) is 5.99. The number of carbonyl (C=O) groups is 1. The molecule has 0 atom stereocenters. The van der Waals surface area contributed by atoms with Gasteiger partial charge in [-0.05, 0) is 48.9 Å². The molecule has 2 aromatic carbocycles. The first-order chi connectivity index (χ1) is 14.7. The van der Waals surface area contributed by atoms with E-state index >= 15 is 0 Å². The van der Waals surface area contributed by atoms with E-state index in [0.29, 0.717) is 28.1 Å². The number of ether oxygens (including phenoxy) is 2. The average molecular weight is 495 g/mol. The second-order valence-electron chi connectivity index (χ2n) is 6.06. The van der Waals surface area contributed by atoms with E-state index in [-0.39, 0.29) is 17.9 Å². The van der Waals surface area contributed by atoms with Gasteiger partial charge in [-0.15, -0.1) is 0 Å². The highest BCUT2D eigenvalue weighted by Gasteiger charge is 2.30. The fraction of sp³-hybridized carbons (Fsp3) is 0.182. The molecule has 0 bridgehead atoms.